The molecule has 7 atom stereocenters. The summed E-state index contributed by atoms with van der Waals surface area (Å²) in [7, 11) is 3.05. The van der Waals surface area contributed by atoms with Crippen LogP contribution in [0.1, 0.15) is 89.2 Å². The van der Waals surface area contributed by atoms with Crippen LogP contribution in [0.5, 0.6) is 0 Å². The lowest BCUT2D eigenvalue weighted by atomic mass is 9.44. The number of allylic oxidation sites excluding steroid dienone is 5. The molecule has 10 aliphatic rings. The number of pyridine rings is 1. The minimum absolute atomic E-state index is 0.00288. The Balaban J connectivity index is 1.23. The van der Waals surface area contributed by atoms with Crippen LogP contribution in [0.15, 0.2) is 64.3 Å². The minimum atomic E-state index is -0.701. The van der Waals surface area contributed by atoms with Gasteiger partial charge in [-0.1, -0.05) is 66.0 Å². The number of cyclic esters (lactones) is 1. The number of anilines is 1. The number of aliphatic hydroxyl groups excluding tert-OH is 1. The third-order valence-corrected chi connectivity index (χ3v) is 15.6. The van der Waals surface area contributed by atoms with E-state index in [0.29, 0.717) is 18.6 Å². The van der Waals surface area contributed by atoms with E-state index >= 15 is 0 Å². The number of ether oxygens (including phenoxy) is 2. The molecule has 1 saturated heterocycles. The molecule has 1 spiro atoms. The summed E-state index contributed by atoms with van der Waals surface area (Å²) in [5.74, 6) is 2.01. The Morgan fingerprint density at radius 2 is 1.98 bits per heavy atom. The van der Waals surface area contributed by atoms with Crippen molar-refractivity contribution in [1.82, 2.24) is 4.98 Å². The molecule has 3 fully saturated rings. The largest absolute Gasteiger partial charge is 0.427 e. The van der Waals surface area contributed by atoms with Crippen molar-refractivity contribution in [1.29, 1.82) is 0 Å². The average molecular weight is 671 g/mol. The van der Waals surface area contributed by atoms with E-state index in [-0.39, 0.29) is 46.4 Å². The number of rotatable bonds is 2. The highest BCUT2D eigenvalue weighted by atomic mass is 33.1. The Morgan fingerprint density at radius 3 is 2.81 bits per heavy atom. The van der Waals surface area contributed by atoms with Gasteiger partial charge in [-0.25, -0.2) is 14.6 Å². The zero-order valence-electron chi connectivity index (χ0n) is 27.1. The van der Waals surface area contributed by atoms with Crippen LogP contribution in [0, 0.1) is 34.5 Å². The van der Waals surface area contributed by atoms with Crippen molar-refractivity contribution in [2.45, 2.75) is 95.3 Å². The fourth-order valence-corrected chi connectivity index (χ4v) is 12.9. The Hall–Kier alpha value is -2.75. The number of fused-ring (bicyclic) bond motifs is 6. The first-order valence-corrected chi connectivity index (χ1v) is 19.9. The molecule has 0 radical (unpaired) electrons. The van der Waals surface area contributed by atoms with Gasteiger partial charge in [-0.3, -0.25) is 0 Å². The number of nitrogens with zero attached hydrogens (tertiary/aromatic N) is 1. The second-order valence-electron chi connectivity index (χ2n) is 15.0. The normalized spacial score (nSPS) is 38.6. The van der Waals surface area contributed by atoms with Crippen LogP contribution in [0.3, 0.4) is 0 Å². The van der Waals surface area contributed by atoms with Gasteiger partial charge in [-0.05, 0) is 105 Å². The van der Waals surface area contributed by atoms with E-state index in [1.165, 1.54) is 29.2 Å². The molecule has 1 aromatic heterocycles. The molecule has 0 amide bonds. The summed E-state index contributed by atoms with van der Waals surface area (Å²) in [5, 5.41) is 14.7. The molecule has 2 N–H and O–H groups in total. The molecular formula is C38H42N2O5S2. The Kier molecular flexibility index (Phi) is 7.19. The Morgan fingerprint density at radius 1 is 1.13 bits per heavy atom. The van der Waals surface area contributed by atoms with Gasteiger partial charge in [0.15, 0.2) is 0 Å². The van der Waals surface area contributed by atoms with E-state index in [0.717, 1.165) is 84.4 Å². The van der Waals surface area contributed by atoms with Crippen LogP contribution in [0.4, 0.5) is 5.82 Å². The highest BCUT2D eigenvalue weighted by molar-refractivity contribution is 8.77. The van der Waals surface area contributed by atoms with Gasteiger partial charge in [0.25, 0.3) is 0 Å². The monoisotopic (exact) mass is 670 g/mol. The zero-order valence-corrected chi connectivity index (χ0v) is 28.7. The summed E-state index contributed by atoms with van der Waals surface area (Å²) < 4.78 is 12.6. The number of carbonyl (C=O) groups is 2. The smallest absolute Gasteiger partial charge is 0.340 e. The van der Waals surface area contributed by atoms with Crippen molar-refractivity contribution in [2.24, 2.45) is 34.5 Å². The van der Waals surface area contributed by atoms with Crippen LogP contribution in [0.2, 0.25) is 0 Å². The van der Waals surface area contributed by atoms with E-state index in [1.807, 2.05) is 13.1 Å². The van der Waals surface area contributed by atoms with Crippen LogP contribution < -0.4 is 5.32 Å². The summed E-state index contributed by atoms with van der Waals surface area (Å²) in [6.45, 7) is 4.30. The number of aliphatic hydroxyl groups is 1. The summed E-state index contributed by atoms with van der Waals surface area (Å²) in [4.78, 5) is 33.0. The Labute approximate surface area is 284 Å². The standard InChI is InChI=1S/C38H42N2O5S2/c1-3-37(14-4-5-15-37)19-27-25-8-7-24-23-12-16-38(31(24)30(25)34(41)44-27)28-10-6-20(2)36(43)47-46-29-11-9-22-21(13-17-39-33(22)40-29)18-26(23)32(38)35(42)45-28/h9-11,13,17,19-20,23-24,29,31,36,43H,3-8,12,14-16,18H2,1-2H3,(H,39,40)/b27-19-,28-10+/t20-,23+,24+,29-,31-,36+,38+/m1/s1. The van der Waals surface area contributed by atoms with Crippen molar-refractivity contribution < 1.29 is 24.2 Å². The lowest BCUT2D eigenvalue weighted by molar-refractivity contribution is -0.135. The van der Waals surface area contributed by atoms with Gasteiger partial charge in [0.05, 0.1) is 11.0 Å². The quantitative estimate of drug-likeness (QED) is 0.240. The SMILES string of the molecule is CCC1(/C=C2\OC(=O)C3=C2CC[C@H]2[C@@H]4CC[C@@]5(C6=C4Cc4ccnc7c4C=C[C@H](N7)SS[C@H](O)[C@H](C)C/C=C\5OC6=O)[C@@H]32)CCCC1. The molecule has 5 aliphatic heterocycles. The van der Waals surface area contributed by atoms with E-state index in [2.05, 4.69) is 47.6 Å². The highest BCUT2D eigenvalue weighted by Gasteiger charge is 2.68. The number of hydrogen-bond acceptors (Lipinski definition) is 9. The average Bonchev–Trinajstić information content (AvgIpc) is 3.77. The first-order chi connectivity index (χ1) is 22.8. The molecule has 0 aromatic carbocycles. The van der Waals surface area contributed by atoms with Crippen molar-refractivity contribution in [2.75, 3.05) is 5.32 Å². The molecule has 0 unspecified atom stereocenters. The third kappa shape index (κ3) is 4.47. The van der Waals surface area contributed by atoms with Gasteiger partial charge in [0, 0.05) is 28.8 Å². The summed E-state index contributed by atoms with van der Waals surface area (Å²) >= 11 is 0. The number of nitrogens with one attached hydrogen (secondary N) is 1. The predicted octanol–water partition coefficient (Wildman–Crippen LogP) is 8.01. The molecule has 7 nitrogen and oxygen atoms in total. The molecular weight excluding hydrogens is 629 g/mol. The van der Waals surface area contributed by atoms with Crippen LogP contribution in [-0.4, -0.2) is 32.8 Å². The van der Waals surface area contributed by atoms with Crippen LogP contribution >= 0.6 is 21.6 Å². The maximum Gasteiger partial charge on any atom is 0.340 e. The predicted molar refractivity (Wildman–Crippen MR) is 184 cm³/mol. The van der Waals surface area contributed by atoms with Crippen LogP contribution in [-0.2, 0) is 25.5 Å². The maximum absolute atomic E-state index is 14.2. The van der Waals surface area contributed by atoms with Crippen molar-refractivity contribution >= 4 is 45.4 Å². The van der Waals surface area contributed by atoms with Gasteiger partial charge in [0.2, 0.25) is 0 Å². The second-order valence-corrected chi connectivity index (χ2v) is 17.5. The molecule has 1 aromatic rings. The summed E-state index contributed by atoms with van der Waals surface area (Å²) in [6.07, 6.45) is 21.0. The number of esters is 2. The van der Waals surface area contributed by atoms with Gasteiger partial charge in [-0.15, -0.1) is 0 Å². The lowest BCUT2D eigenvalue weighted by Gasteiger charge is -2.56. The number of hydrogen-bond donors (Lipinski definition) is 2. The van der Waals surface area contributed by atoms with Crippen molar-refractivity contribution in [3.8, 4) is 0 Å². The molecule has 47 heavy (non-hydrogen) atoms. The maximum atomic E-state index is 14.2. The number of aromatic nitrogens is 1. The summed E-state index contributed by atoms with van der Waals surface area (Å²) in [5.41, 5.74) is 4.82. The summed E-state index contributed by atoms with van der Waals surface area (Å²) in [6, 6.07) is 2.08. The Bertz CT molecular complexity index is 1730. The number of carbonyl (C=O) groups excluding carboxylic acids is 2. The zero-order chi connectivity index (χ0) is 32.1. The molecule has 6 heterocycles. The second kappa shape index (κ2) is 11.1. The molecule has 9 heteroatoms. The minimum Gasteiger partial charge on any atom is -0.427 e. The van der Waals surface area contributed by atoms with E-state index in [4.69, 9.17) is 9.47 Å². The van der Waals surface area contributed by atoms with E-state index in [9.17, 15) is 14.7 Å². The highest BCUT2D eigenvalue weighted by Crippen LogP contribution is 2.71. The molecule has 9 bridgehead atoms. The van der Waals surface area contributed by atoms with Gasteiger partial charge in [-0.2, -0.15) is 0 Å². The fourth-order valence-electron chi connectivity index (χ4n) is 10.4. The van der Waals surface area contributed by atoms with Crippen molar-refractivity contribution in [3.63, 3.8) is 0 Å². The van der Waals surface area contributed by atoms with Gasteiger partial charge >= 0.3 is 11.9 Å². The van der Waals surface area contributed by atoms with Crippen molar-refractivity contribution in [3.05, 3.63) is 75.4 Å². The molecule has 5 aliphatic carbocycles. The molecule has 11 rings (SSSR count). The van der Waals surface area contributed by atoms with Gasteiger partial charge in [0.1, 0.15) is 28.1 Å². The van der Waals surface area contributed by atoms with Crippen LogP contribution in [0.25, 0.3) is 6.08 Å². The molecule has 2 saturated carbocycles. The molecule has 246 valence electrons. The lowest BCUT2D eigenvalue weighted by Crippen LogP contribution is -2.52. The van der Waals surface area contributed by atoms with E-state index < -0.39 is 10.9 Å². The first kappa shape index (κ1) is 30.3. The van der Waals surface area contributed by atoms with Gasteiger partial charge < -0.3 is 19.9 Å². The third-order valence-electron chi connectivity index (χ3n) is 12.8. The van der Waals surface area contributed by atoms with E-state index in [1.54, 1.807) is 10.8 Å². The first-order valence-electron chi connectivity index (χ1n) is 17.6. The topological polar surface area (TPSA) is 97.8 Å². The fraction of sp³-hybridized carbons (Fsp3) is 0.553.